The molecule has 0 saturated heterocycles. The van der Waals surface area contributed by atoms with Crippen molar-refractivity contribution >= 4 is 38.9 Å². The molecule has 0 radical (unpaired) electrons. The molecule has 128 valence electrons. The molecular formula is C15H13Cl2NO5S. The summed E-state index contributed by atoms with van der Waals surface area (Å²) in [5.74, 6) is 0.424. The number of phenolic OH excluding ortho intramolecular Hbond substituents is 1. The Hall–Kier alpha value is -1.83. The number of anilines is 1. The molecule has 9 heteroatoms. The van der Waals surface area contributed by atoms with Crippen LogP contribution in [0.25, 0.3) is 0 Å². The van der Waals surface area contributed by atoms with Crippen molar-refractivity contribution in [2.45, 2.75) is 11.3 Å². The number of benzene rings is 2. The van der Waals surface area contributed by atoms with E-state index < -0.39 is 20.7 Å². The van der Waals surface area contributed by atoms with Crippen molar-refractivity contribution in [2.75, 3.05) is 17.9 Å². The van der Waals surface area contributed by atoms with Gasteiger partial charge >= 0.3 is 0 Å². The summed E-state index contributed by atoms with van der Waals surface area (Å²) in [4.78, 5) is -0.410. The molecule has 0 fully saturated rings. The van der Waals surface area contributed by atoms with Gasteiger partial charge in [-0.25, -0.2) is 8.42 Å². The zero-order valence-corrected chi connectivity index (χ0v) is 14.6. The Labute approximate surface area is 149 Å². The standard InChI is InChI=1S/C15H13Cl2NO5S/c16-9-6-11(17)15(19)14(7-9)24(20,21)18-10-2-3-12-13(8-10)23-5-1-4-22-12/h2-3,6-8,18-19H,1,4-5H2. The summed E-state index contributed by atoms with van der Waals surface area (Å²) in [6.07, 6.45) is 0.741. The molecule has 0 aliphatic carbocycles. The third-order valence-corrected chi connectivity index (χ3v) is 5.18. The van der Waals surface area contributed by atoms with Crippen molar-refractivity contribution in [3.63, 3.8) is 0 Å². The summed E-state index contributed by atoms with van der Waals surface area (Å²) in [5, 5.41) is 9.85. The number of halogens is 2. The van der Waals surface area contributed by atoms with Crippen molar-refractivity contribution in [2.24, 2.45) is 0 Å². The van der Waals surface area contributed by atoms with E-state index in [9.17, 15) is 13.5 Å². The second kappa shape index (κ2) is 6.58. The average Bonchev–Trinajstić information content (AvgIpc) is 2.75. The van der Waals surface area contributed by atoms with Gasteiger partial charge in [0.05, 0.1) is 23.9 Å². The van der Waals surface area contributed by atoms with Gasteiger partial charge in [-0.05, 0) is 24.3 Å². The SMILES string of the molecule is O=S(=O)(Nc1ccc2c(c1)OCCCO2)c1cc(Cl)cc(Cl)c1O. The van der Waals surface area contributed by atoms with Crippen LogP contribution in [0.15, 0.2) is 35.2 Å². The van der Waals surface area contributed by atoms with Crippen molar-refractivity contribution in [1.29, 1.82) is 0 Å². The Balaban J connectivity index is 1.94. The number of aromatic hydroxyl groups is 1. The molecule has 2 aromatic rings. The lowest BCUT2D eigenvalue weighted by atomic mass is 10.3. The Bertz CT molecular complexity index is 886. The molecular weight excluding hydrogens is 377 g/mol. The van der Waals surface area contributed by atoms with Crippen molar-refractivity contribution in [1.82, 2.24) is 0 Å². The number of nitrogens with one attached hydrogen (secondary N) is 1. The first-order valence-electron chi connectivity index (χ1n) is 6.97. The highest BCUT2D eigenvalue weighted by atomic mass is 35.5. The Morgan fingerprint density at radius 3 is 2.50 bits per heavy atom. The molecule has 0 bridgehead atoms. The van der Waals surface area contributed by atoms with E-state index in [1.54, 1.807) is 6.07 Å². The lowest BCUT2D eigenvalue weighted by molar-refractivity contribution is 0.297. The van der Waals surface area contributed by atoms with Gasteiger partial charge in [-0.15, -0.1) is 0 Å². The molecule has 6 nitrogen and oxygen atoms in total. The van der Waals surface area contributed by atoms with Gasteiger partial charge in [0.1, 0.15) is 4.90 Å². The maximum Gasteiger partial charge on any atom is 0.265 e. The smallest absolute Gasteiger partial charge is 0.265 e. The van der Waals surface area contributed by atoms with Gasteiger partial charge in [0, 0.05) is 17.5 Å². The topological polar surface area (TPSA) is 84.9 Å². The second-order valence-corrected chi connectivity index (χ2v) is 7.55. The Morgan fingerprint density at radius 2 is 1.75 bits per heavy atom. The van der Waals surface area contributed by atoms with Gasteiger partial charge in [0.2, 0.25) is 0 Å². The second-order valence-electron chi connectivity index (χ2n) is 5.05. The fourth-order valence-corrected chi connectivity index (χ4v) is 3.99. The molecule has 3 rings (SSSR count). The van der Waals surface area contributed by atoms with Gasteiger partial charge in [-0.2, -0.15) is 0 Å². The molecule has 0 unspecified atom stereocenters. The summed E-state index contributed by atoms with van der Waals surface area (Å²) < 4.78 is 38.4. The summed E-state index contributed by atoms with van der Waals surface area (Å²) >= 11 is 11.6. The molecule has 2 aromatic carbocycles. The van der Waals surface area contributed by atoms with E-state index in [0.29, 0.717) is 24.7 Å². The monoisotopic (exact) mass is 389 g/mol. The number of fused-ring (bicyclic) bond motifs is 1. The average molecular weight is 390 g/mol. The van der Waals surface area contributed by atoms with Crippen LogP contribution >= 0.6 is 23.2 Å². The maximum atomic E-state index is 12.5. The number of ether oxygens (including phenoxy) is 2. The van der Waals surface area contributed by atoms with E-state index >= 15 is 0 Å². The first kappa shape index (κ1) is 17.0. The van der Waals surface area contributed by atoms with E-state index in [4.69, 9.17) is 32.7 Å². The molecule has 0 amide bonds. The largest absolute Gasteiger partial charge is 0.505 e. The van der Waals surface area contributed by atoms with Gasteiger partial charge in [-0.1, -0.05) is 23.2 Å². The normalized spacial score (nSPS) is 14.1. The van der Waals surface area contributed by atoms with E-state index in [-0.39, 0.29) is 15.7 Å². The molecule has 0 saturated carbocycles. The molecule has 2 N–H and O–H groups in total. The molecule has 0 atom stereocenters. The molecule has 0 aromatic heterocycles. The van der Waals surface area contributed by atoms with Crippen LogP contribution in [-0.2, 0) is 10.0 Å². The van der Waals surface area contributed by atoms with Gasteiger partial charge in [-0.3, -0.25) is 4.72 Å². The number of rotatable bonds is 3. The van der Waals surface area contributed by atoms with Gasteiger partial charge in [0.25, 0.3) is 10.0 Å². The molecule has 1 aliphatic heterocycles. The fraction of sp³-hybridized carbons (Fsp3) is 0.200. The van der Waals surface area contributed by atoms with Crippen LogP contribution in [0.2, 0.25) is 10.0 Å². The minimum Gasteiger partial charge on any atom is -0.505 e. The zero-order chi connectivity index (χ0) is 17.3. The predicted octanol–water partition coefficient (Wildman–Crippen LogP) is 3.66. The highest BCUT2D eigenvalue weighted by Crippen LogP contribution is 2.36. The van der Waals surface area contributed by atoms with Gasteiger partial charge < -0.3 is 14.6 Å². The van der Waals surface area contributed by atoms with Crippen LogP contribution in [-0.4, -0.2) is 26.7 Å². The van der Waals surface area contributed by atoms with Gasteiger partial charge in [0.15, 0.2) is 17.2 Å². The minimum absolute atomic E-state index is 0.0943. The van der Waals surface area contributed by atoms with Crippen molar-refractivity contribution in [3.8, 4) is 17.2 Å². The van der Waals surface area contributed by atoms with Crippen molar-refractivity contribution < 1.29 is 23.0 Å². The summed E-state index contributed by atoms with van der Waals surface area (Å²) in [6, 6.07) is 7.04. The van der Waals surface area contributed by atoms with Crippen molar-refractivity contribution in [3.05, 3.63) is 40.4 Å². The van der Waals surface area contributed by atoms with Crippen LogP contribution in [0.5, 0.6) is 17.2 Å². The van der Waals surface area contributed by atoms with Crippen LogP contribution in [0.3, 0.4) is 0 Å². The predicted molar refractivity (Wildman–Crippen MR) is 91.0 cm³/mol. The summed E-state index contributed by atoms with van der Waals surface area (Å²) in [6.45, 7) is 1.01. The number of phenols is 1. The molecule has 0 spiro atoms. The van der Waals surface area contributed by atoms with Crippen LogP contribution in [0, 0.1) is 0 Å². The van der Waals surface area contributed by atoms with E-state index in [0.717, 1.165) is 12.5 Å². The first-order valence-corrected chi connectivity index (χ1v) is 9.21. The Morgan fingerprint density at radius 1 is 1.04 bits per heavy atom. The number of hydrogen-bond acceptors (Lipinski definition) is 5. The highest BCUT2D eigenvalue weighted by Gasteiger charge is 2.22. The fourth-order valence-electron chi connectivity index (χ4n) is 2.18. The quantitative estimate of drug-likeness (QED) is 0.836. The van der Waals surface area contributed by atoms with E-state index in [1.165, 1.54) is 18.2 Å². The number of hydrogen-bond donors (Lipinski definition) is 2. The Kier molecular flexibility index (Phi) is 4.67. The first-order chi connectivity index (χ1) is 11.4. The van der Waals surface area contributed by atoms with Crippen LogP contribution < -0.4 is 14.2 Å². The van der Waals surface area contributed by atoms with Crippen LogP contribution in [0.1, 0.15) is 6.42 Å². The van der Waals surface area contributed by atoms with E-state index in [2.05, 4.69) is 4.72 Å². The molecule has 24 heavy (non-hydrogen) atoms. The highest BCUT2D eigenvalue weighted by molar-refractivity contribution is 7.92. The summed E-state index contributed by atoms with van der Waals surface area (Å²) in [7, 11) is -4.09. The zero-order valence-electron chi connectivity index (χ0n) is 12.3. The van der Waals surface area contributed by atoms with E-state index in [1.807, 2.05) is 0 Å². The lowest BCUT2D eigenvalue weighted by Gasteiger charge is -2.13. The minimum atomic E-state index is -4.09. The van der Waals surface area contributed by atoms with Crippen LogP contribution in [0.4, 0.5) is 5.69 Å². The number of sulfonamides is 1. The lowest BCUT2D eigenvalue weighted by Crippen LogP contribution is -2.13. The third kappa shape index (κ3) is 3.48. The maximum absolute atomic E-state index is 12.5. The molecule has 1 aliphatic rings. The third-order valence-electron chi connectivity index (χ3n) is 3.28. The molecule has 1 heterocycles. The summed E-state index contributed by atoms with van der Waals surface area (Å²) in [5.41, 5.74) is 0.259.